The van der Waals surface area contributed by atoms with E-state index in [0.29, 0.717) is 36.2 Å². The molecule has 4 aromatic rings. The van der Waals surface area contributed by atoms with Gasteiger partial charge in [0, 0.05) is 36.3 Å². The highest BCUT2D eigenvalue weighted by atomic mass is 32.2. The lowest BCUT2D eigenvalue weighted by Crippen LogP contribution is -2.36. The monoisotopic (exact) mass is 615 g/mol. The molecule has 6 rings (SSSR count). The van der Waals surface area contributed by atoms with Gasteiger partial charge in [0.2, 0.25) is 10.0 Å². The molecule has 1 aliphatic carbocycles. The van der Waals surface area contributed by atoms with Gasteiger partial charge >= 0.3 is 5.97 Å². The molecular formula is C29H34FN5O5S2. The number of carboxylic acid groups (broad SMARTS) is 1. The summed E-state index contributed by atoms with van der Waals surface area (Å²) in [6.45, 7) is 2.93. The van der Waals surface area contributed by atoms with E-state index in [4.69, 9.17) is 15.0 Å². The zero-order valence-electron chi connectivity index (χ0n) is 22.1. The third kappa shape index (κ3) is 6.60. The van der Waals surface area contributed by atoms with E-state index in [9.17, 15) is 18.5 Å². The lowest BCUT2D eigenvalue weighted by atomic mass is 9.96. The molecule has 1 atom stereocenters. The SMILES string of the molecule is C.N[SH+](=O)c1ccc(Cc2c(-c3cccc(N4CCOCC4)c3)nn(-c3ncc(C(=O)O)s3)c2CC2CC2)cc1F.[OH-]. The number of rotatable bonds is 9. The number of aromatic nitrogens is 3. The number of thiazole rings is 1. The van der Waals surface area contributed by atoms with Crippen LogP contribution in [0.4, 0.5) is 10.1 Å². The summed E-state index contributed by atoms with van der Waals surface area (Å²) < 4.78 is 33.8. The van der Waals surface area contributed by atoms with Crippen molar-refractivity contribution in [3.63, 3.8) is 0 Å². The maximum absolute atomic E-state index is 14.8. The third-order valence-corrected chi connectivity index (χ3v) is 9.08. The Morgan fingerprint density at radius 1 is 1.19 bits per heavy atom. The van der Waals surface area contributed by atoms with E-state index in [2.05, 4.69) is 22.0 Å². The van der Waals surface area contributed by atoms with Crippen LogP contribution in [-0.2, 0) is 32.8 Å². The van der Waals surface area contributed by atoms with E-state index in [1.807, 2.05) is 12.1 Å². The summed E-state index contributed by atoms with van der Waals surface area (Å²) in [6.07, 6.45) is 4.71. The first kappa shape index (κ1) is 31.4. The molecule has 2 fully saturated rings. The van der Waals surface area contributed by atoms with Crippen LogP contribution in [-0.4, -0.2) is 57.6 Å². The number of hydrogen-bond acceptors (Lipinski definition) is 8. The van der Waals surface area contributed by atoms with Gasteiger partial charge in [0.05, 0.1) is 30.8 Å². The van der Waals surface area contributed by atoms with Crippen molar-refractivity contribution in [3.05, 3.63) is 76.2 Å². The fourth-order valence-electron chi connectivity index (χ4n) is 5.04. The summed E-state index contributed by atoms with van der Waals surface area (Å²) >= 11 is 1.07. The van der Waals surface area contributed by atoms with Gasteiger partial charge in [-0.2, -0.15) is 5.10 Å². The van der Waals surface area contributed by atoms with Gasteiger partial charge in [0.1, 0.15) is 4.88 Å². The minimum Gasteiger partial charge on any atom is -0.870 e. The lowest BCUT2D eigenvalue weighted by molar-refractivity contribution is 0.0702. The largest absolute Gasteiger partial charge is 0.870 e. The van der Waals surface area contributed by atoms with E-state index in [1.165, 1.54) is 18.3 Å². The van der Waals surface area contributed by atoms with Gasteiger partial charge in [0.25, 0.3) is 0 Å². The number of thiol groups is 1. The van der Waals surface area contributed by atoms with Crippen LogP contribution in [0.3, 0.4) is 0 Å². The Morgan fingerprint density at radius 3 is 2.60 bits per heavy atom. The number of halogens is 1. The minimum atomic E-state index is -2.29. The highest BCUT2D eigenvalue weighted by molar-refractivity contribution is 7.82. The molecule has 0 amide bonds. The van der Waals surface area contributed by atoms with Gasteiger partial charge in [-0.15, -0.1) is 5.14 Å². The predicted molar refractivity (Wildman–Crippen MR) is 161 cm³/mol. The van der Waals surface area contributed by atoms with Gasteiger partial charge in [-0.05, 0) is 55.0 Å². The number of ether oxygens (including phenoxy) is 1. The summed E-state index contributed by atoms with van der Waals surface area (Å²) in [7, 11) is -2.29. The molecule has 1 saturated carbocycles. The quantitative estimate of drug-likeness (QED) is 0.205. The summed E-state index contributed by atoms with van der Waals surface area (Å²) in [4.78, 5) is 18.4. The van der Waals surface area contributed by atoms with Crippen molar-refractivity contribution in [3.8, 4) is 16.4 Å². The van der Waals surface area contributed by atoms with E-state index in [-0.39, 0.29) is 22.7 Å². The molecule has 224 valence electrons. The zero-order chi connectivity index (χ0) is 27.8. The normalized spacial score (nSPS) is 15.5. The number of aromatic carboxylic acids is 1. The second-order valence-corrected chi connectivity index (χ2v) is 12.2. The molecule has 1 unspecified atom stereocenters. The summed E-state index contributed by atoms with van der Waals surface area (Å²) in [5, 5.41) is 20.5. The maximum Gasteiger partial charge on any atom is 0.347 e. The number of carbonyl (C=O) groups is 1. The Morgan fingerprint density at radius 2 is 1.95 bits per heavy atom. The smallest absolute Gasteiger partial charge is 0.347 e. The van der Waals surface area contributed by atoms with Crippen molar-refractivity contribution < 1.29 is 28.7 Å². The Hall–Kier alpha value is -3.49. The van der Waals surface area contributed by atoms with Crippen LogP contribution in [0.1, 0.15) is 46.8 Å². The molecule has 0 radical (unpaired) electrons. The van der Waals surface area contributed by atoms with Crippen molar-refractivity contribution in [2.45, 2.75) is 38.0 Å². The van der Waals surface area contributed by atoms with Crippen molar-refractivity contribution in [1.29, 1.82) is 0 Å². The first-order chi connectivity index (χ1) is 19.4. The van der Waals surface area contributed by atoms with Gasteiger partial charge in [-0.1, -0.05) is 41.2 Å². The molecule has 3 heterocycles. The molecule has 2 aromatic heterocycles. The van der Waals surface area contributed by atoms with Gasteiger partial charge in [0.15, 0.2) is 16.8 Å². The summed E-state index contributed by atoms with van der Waals surface area (Å²) in [5.74, 6) is -1.13. The van der Waals surface area contributed by atoms with Gasteiger partial charge < -0.3 is 20.2 Å². The summed E-state index contributed by atoms with van der Waals surface area (Å²) in [6, 6.07) is 12.8. The standard InChI is InChI=1S/C28H28FN5O4S2.CH4.H2O/c29-22-13-18(6-7-25(22)40(30)37)12-21-23(14-17-4-5-17)34(28-31-16-24(39-28)27(35)36)32-26(21)19-2-1-3-20(15-19)33-8-10-38-11-9-33;;/h1-3,6-7,13,15-17H,4-5,8-12,14H2,(H2,30,37)(H,35,36);1H4;1H2. The molecular weight excluding hydrogens is 581 g/mol. The van der Waals surface area contributed by atoms with Crippen LogP contribution in [0.2, 0.25) is 0 Å². The van der Waals surface area contributed by atoms with Crippen LogP contribution in [0.15, 0.2) is 53.6 Å². The fourth-order valence-corrected chi connectivity index (χ4v) is 6.27. The first-order valence-electron chi connectivity index (χ1n) is 13.1. The maximum atomic E-state index is 14.8. The molecule has 10 nitrogen and oxygen atoms in total. The number of morpholine rings is 1. The Kier molecular flexibility index (Phi) is 9.89. The van der Waals surface area contributed by atoms with E-state index in [0.717, 1.165) is 71.9 Å². The van der Waals surface area contributed by atoms with E-state index < -0.39 is 22.8 Å². The second-order valence-electron chi connectivity index (χ2n) is 10.1. The third-order valence-electron chi connectivity index (χ3n) is 7.28. The van der Waals surface area contributed by atoms with Crippen molar-refractivity contribution >= 4 is 34.0 Å². The van der Waals surface area contributed by atoms with Crippen molar-refractivity contribution in [2.24, 2.45) is 11.1 Å². The molecule has 4 N–H and O–H groups in total. The highest BCUT2D eigenvalue weighted by Gasteiger charge is 2.30. The van der Waals surface area contributed by atoms with Crippen LogP contribution in [0, 0.1) is 11.7 Å². The van der Waals surface area contributed by atoms with Gasteiger partial charge in [-0.25, -0.2) is 18.9 Å². The minimum absolute atomic E-state index is 0. The summed E-state index contributed by atoms with van der Waals surface area (Å²) in [5.41, 5.74) is 5.29. The average molecular weight is 616 g/mol. The first-order valence-corrected chi connectivity index (χ1v) is 15.3. The molecule has 0 spiro atoms. The number of nitrogens with zero attached hydrogens (tertiary/aromatic N) is 4. The zero-order valence-corrected chi connectivity index (χ0v) is 23.8. The predicted octanol–water partition coefficient (Wildman–Crippen LogP) is 4.60. The second kappa shape index (κ2) is 13.2. The fraction of sp³-hybridized carbons (Fsp3) is 0.345. The number of hydrogen-bond donors (Lipinski definition) is 2. The van der Waals surface area contributed by atoms with Crippen LogP contribution in [0.5, 0.6) is 0 Å². The molecule has 1 aliphatic heterocycles. The van der Waals surface area contributed by atoms with Crippen LogP contribution < -0.4 is 10.0 Å². The van der Waals surface area contributed by atoms with Gasteiger partial charge in [-0.3, -0.25) is 0 Å². The molecule has 2 aliphatic rings. The average Bonchev–Trinajstić information content (AvgIpc) is 3.51. The van der Waals surface area contributed by atoms with E-state index >= 15 is 0 Å². The van der Waals surface area contributed by atoms with Crippen molar-refractivity contribution in [1.82, 2.24) is 14.8 Å². The lowest BCUT2D eigenvalue weighted by Gasteiger charge is -2.29. The molecule has 42 heavy (non-hydrogen) atoms. The number of benzene rings is 2. The van der Waals surface area contributed by atoms with Crippen molar-refractivity contribution in [2.75, 3.05) is 31.2 Å². The Bertz CT molecular complexity index is 1600. The number of carboxylic acids is 1. The Labute approximate surface area is 249 Å². The highest BCUT2D eigenvalue weighted by Crippen LogP contribution is 2.39. The molecule has 2 aromatic carbocycles. The topological polar surface area (TPSA) is 154 Å². The van der Waals surface area contributed by atoms with E-state index in [1.54, 1.807) is 10.7 Å². The van der Waals surface area contributed by atoms with Crippen LogP contribution >= 0.6 is 11.3 Å². The molecule has 13 heteroatoms. The van der Waals surface area contributed by atoms with Crippen LogP contribution in [0.25, 0.3) is 16.4 Å². The Balaban J connectivity index is 0.00000202. The molecule has 0 bridgehead atoms. The molecule has 1 saturated heterocycles. The number of anilines is 1. The number of nitrogens with two attached hydrogens (primary N) is 1.